The SMILES string of the molecule is CC(C)C[C@H](NC(=O)CNC(=O)c1cc(Br)ccc1F)B1OC(=O)[C@@H](CC(=O)O)O1. The van der Waals surface area contributed by atoms with E-state index in [0.717, 1.165) is 6.07 Å². The van der Waals surface area contributed by atoms with Crippen LogP contribution < -0.4 is 10.6 Å². The molecule has 9 nitrogen and oxygen atoms in total. The number of aliphatic carboxylic acids is 1. The number of hydrogen-bond donors (Lipinski definition) is 3. The number of amides is 2. The van der Waals surface area contributed by atoms with Crippen molar-refractivity contribution in [1.29, 1.82) is 0 Å². The van der Waals surface area contributed by atoms with E-state index >= 15 is 0 Å². The topological polar surface area (TPSA) is 131 Å². The van der Waals surface area contributed by atoms with Crippen LogP contribution in [0.1, 0.15) is 37.0 Å². The summed E-state index contributed by atoms with van der Waals surface area (Å²) < 4.78 is 24.7. The molecule has 12 heteroatoms. The third kappa shape index (κ3) is 6.80. The molecular weight excluding hydrogens is 466 g/mol. The minimum absolute atomic E-state index is 0.0847. The summed E-state index contributed by atoms with van der Waals surface area (Å²) in [6, 6.07) is 3.85. The molecule has 0 aliphatic carbocycles. The second-order valence-electron chi connectivity index (χ2n) is 7.14. The molecule has 1 saturated heterocycles. The van der Waals surface area contributed by atoms with Gasteiger partial charge in [-0.1, -0.05) is 29.8 Å². The van der Waals surface area contributed by atoms with E-state index in [1.165, 1.54) is 12.1 Å². The highest BCUT2D eigenvalue weighted by Gasteiger charge is 2.46. The summed E-state index contributed by atoms with van der Waals surface area (Å²) in [5.41, 5.74) is -0.222. The number of carboxylic acid groups (broad SMARTS) is 1. The Morgan fingerprint density at radius 2 is 2.03 bits per heavy atom. The first-order chi connectivity index (χ1) is 14.1. The number of nitrogens with one attached hydrogen (secondary N) is 2. The van der Waals surface area contributed by atoms with Gasteiger partial charge in [0, 0.05) is 4.47 Å². The van der Waals surface area contributed by atoms with Crippen LogP contribution in [0.3, 0.4) is 0 Å². The molecule has 1 aromatic rings. The molecule has 2 atom stereocenters. The maximum atomic E-state index is 13.8. The van der Waals surface area contributed by atoms with Gasteiger partial charge in [0.15, 0.2) is 6.10 Å². The predicted molar refractivity (Wildman–Crippen MR) is 107 cm³/mol. The molecule has 1 fully saturated rings. The van der Waals surface area contributed by atoms with E-state index < -0.39 is 61.7 Å². The number of halogens is 2. The van der Waals surface area contributed by atoms with Crippen LogP contribution >= 0.6 is 15.9 Å². The zero-order chi connectivity index (χ0) is 22.4. The lowest BCUT2D eigenvalue weighted by Crippen LogP contribution is -2.50. The average Bonchev–Trinajstić information content (AvgIpc) is 3.00. The smallest absolute Gasteiger partial charge is 0.506 e. The fourth-order valence-corrected chi connectivity index (χ4v) is 3.19. The Bertz CT molecular complexity index is 839. The van der Waals surface area contributed by atoms with Gasteiger partial charge >= 0.3 is 19.1 Å². The quantitative estimate of drug-likeness (QED) is 0.448. The number of carbonyl (C=O) groups excluding carboxylic acids is 3. The Kier molecular flexibility index (Phi) is 8.36. The summed E-state index contributed by atoms with van der Waals surface area (Å²) >= 11 is 3.14. The molecule has 0 spiro atoms. The maximum absolute atomic E-state index is 13.8. The van der Waals surface area contributed by atoms with Crippen molar-refractivity contribution in [3.05, 3.63) is 34.1 Å². The standard InChI is InChI=1S/C18H21BBrFN2O7/c1-9(2)5-14(19-29-13(7-16(25)26)18(28)30-19)23-15(24)8-22-17(27)11-6-10(20)3-4-12(11)21/h3-4,6,9,13-14H,5,7-8H2,1-2H3,(H,22,27)(H,23,24)(H,25,26)/t13-,14+/m1/s1. The summed E-state index contributed by atoms with van der Waals surface area (Å²) in [7, 11) is -1.15. The summed E-state index contributed by atoms with van der Waals surface area (Å²) in [6.07, 6.45) is -1.43. The van der Waals surface area contributed by atoms with E-state index in [9.17, 15) is 23.6 Å². The highest BCUT2D eigenvalue weighted by atomic mass is 79.9. The van der Waals surface area contributed by atoms with Crippen molar-refractivity contribution in [1.82, 2.24) is 10.6 Å². The molecule has 3 N–H and O–H groups in total. The largest absolute Gasteiger partial charge is 0.552 e. The number of rotatable bonds is 9. The minimum Gasteiger partial charge on any atom is -0.506 e. The van der Waals surface area contributed by atoms with Crippen molar-refractivity contribution in [3.63, 3.8) is 0 Å². The molecule has 1 heterocycles. The third-order valence-electron chi connectivity index (χ3n) is 4.14. The van der Waals surface area contributed by atoms with E-state index in [4.69, 9.17) is 14.4 Å². The fourth-order valence-electron chi connectivity index (χ4n) is 2.83. The van der Waals surface area contributed by atoms with Crippen molar-refractivity contribution in [2.75, 3.05) is 6.54 Å². The molecular formula is C18H21BBrFN2O7. The van der Waals surface area contributed by atoms with Crippen LogP contribution in [-0.2, 0) is 23.7 Å². The number of carboxylic acids is 1. The molecule has 2 rings (SSSR count). The first-order valence-electron chi connectivity index (χ1n) is 9.17. The van der Waals surface area contributed by atoms with E-state index in [2.05, 4.69) is 26.6 Å². The van der Waals surface area contributed by atoms with Gasteiger partial charge < -0.3 is 25.0 Å². The van der Waals surface area contributed by atoms with Crippen LogP contribution in [0.2, 0.25) is 0 Å². The third-order valence-corrected chi connectivity index (χ3v) is 4.63. The summed E-state index contributed by atoms with van der Waals surface area (Å²) in [5, 5.41) is 13.8. The lowest BCUT2D eigenvalue weighted by Gasteiger charge is -2.21. The van der Waals surface area contributed by atoms with Gasteiger partial charge in [-0.05, 0) is 30.5 Å². The minimum atomic E-state index is -1.25. The Hall–Kier alpha value is -2.47. The Labute approximate surface area is 180 Å². The molecule has 1 aliphatic rings. The van der Waals surface area contributed by atoms with E-state index in [-0.39, 0.29) is 11.5 Å². The zero-order valence-corrected chi connectivity index (χ0v) is 17.9. The van der Waals surface area contributed by atoms with Gasteiger partial charge in [0.05, 0.1) is 24.5 Å². The van der Waals surface area contributed by atoms with Crippen molar-refractivity contribution < 1.29 is 38.0 Å². The van der Waals surface area contributed by atoms with E-state index in [0.29, 0.717) is 10.9 Å². The fraction of sp³-hybridized carbons (Fsp3) is 0.444. The van der Waals surface area contributed by atoms with Gasteiger partial charge in [0.25, 0.3) is 5.91 Å². The van der Waals surface area contributed by atoms with Gasteiger partial charge in [0.1, 0.15) is 5.82 Å². The van der Waals surface area contributed by atoms with E-state index in [1.54, 1.807) is 0 Å². The van der Waals surface area contributed by atoms with Gasteiger partial charge in [-0.15, -0.1) is 0 Å². The second kappa shape index (κ2) is 10.5. The molecule has 30 heavy (non-hydrogen) atoms. The van der Waals surface area contributed by atoms with Crippen LogP contribution in [0.25, 0.3) is 0 Å². The monoisotopic (exact) mass is 486 g/mol. The molecule has 162 valence electrons. The molecule has 1 aliphatic heterocycles. The first-order valence-corrected chi connectivity index (χ1v) is 9.96. The van der Waals surface area contributed by atoms with Crippen molar-refractivity contribution >= 4 is 46.8 Å². The van der Waals surface area contributed by atoms with Crippen LogP contribution in [0, 0.1) is 11.7 Å². The Morgan fingerprint density at radius 1 is 1.33 bits per heavy atom. The maximum Gasteiger partial charge on any atom is 0.552 e. The molecule has 0 radical (unpaired) electrons. The number of benzene rings is 1. The van der Waals surface area contributed by atoms with Crippen molar-refractivity contribution in [2.45, 2.75) is 38.7 Å². The van der Waals surface area contributed by atoms with Crippen molar-refractivity contribution in [3.8, 4) is 0 Å². The van der Waals surface area contributed by atoms with Crippen molar-refractivity contribution in [2.24, 2.45) is 5.92 Å². The molecule has 0 unspecified atom stereocenters. The highest BCUT2D eigenvalue weighted by Crippen LogP contribution is 2.20. The predicted octanol–water partition coefficient (Wildman–Crippen LogP) is 1.29. The summed E-state index contributed by atoms with van der Waals surface area (Å²) in [4.78, 5) is 47.1. The first kappa shape index (κ1) is 23.8. The molecule has 0 bridgehead atoms. The van der Waals surface area contributed by atoms with Gasteiger partial charge in [0.2, 0.25) is 5.91 Å². The van der Waals surface area contributed by atoms with Crippen LogP contribution in [-0.4, -0.2) is 54.6 Å². The summed E-state index contributed by atoms with van der Waals surface area (Å²) in [5.74, 6) is -4.81. The van der Waals surface area contributed by atoms with Gasteiger partial charge in [-0.3, -0.25) is 19.2 Å². The lowest BCUT2D eigenvalue weighted by molar-refractivity contribution is -0.145. The zero-order valence-electron chi connectivity index (χ0n) is 16.3. The van der Waals surface area contributed by atoms with Gasteiger partial charge in [-0.2, -0.15) is 0 Å². The Morgan fingerprint density at radius 3 is 2.67 bits per heavy atom. The van der Waals surface area contributed by atoms with Crippen LogP contribution in [0.4, 0.5) is 4.39 Å². The van der Waals surface area contributed by atoms with Crippen LogP contribution in [0.15, 0.2) is 22.7 Å². The highest BCUT2D eigenvalue weighted by molar-refractivity contribution is 9.10. The number of hydrogen-bond acceptors (Lipinski definition) is 6. The molecule has 0 saturated carbocycles. The summed E-state index contributed by atoms with van der Waals surface area (Å²) in [6.45, 7) is 3.31. The normalized spacial score (nSPS) is 16.9. The Balaban J connectivity index is 1.97. The molecule has 1 aromatic carbocycles. The van der Waals surface area contributed by atoms with E-state index in [1.807, 2.05) is 13.8 Å². The molecule has 2 amide bonds. The second-order valence-corrected chi connectivity index (χ2v) is 8.05. The van der Waals surface area contributed by atoms with Crippen LogP contribution in [0.5, 0.6) is 0 Å². The lowest BCUT2D eigenvalue weighted by atomic mass is 9.74. The number of carbonyl (C=O) groups is 4. The van der Waals surface area contributed by atoms with Gasteiger partial charge in [-0.25, -0.2) is 4.39 Å². The average molecular weight is 487 g/mol. The molecule has 0 aromatic heterocycles.